The molecule has 6 aromatic carbocycles. The SMILES string of the molecule is CCN(CC)c1ccc(C(=C2C=CC(=[N+](CC)CC)C=C2)c2cc(S(=O)(=O)O)cc3cc(S(=O)(=O)O)ccc23)cc1.CN(C)c1ccc(C(=C2C=CC(=[N+](C)C)C=C2)c2cc(S(=O)(=O)O)cc3cc(S(=O)(=O)O)ccc23)cc1.[Na].[Na]. The van der Waals surface area contributed by atoms with Crippen LogP contribution >= 0.6 is 0 Å². The van der Waals surface area contributed by atoms with Crippen LogP contribution in [0.3, 0.4) is 0 Å². The number of allylic oxidation sites excluding steroid dienone is 10. The van der Waals surface area contributed by atoms with Crippen LogP contribution in [-0.4, -0.2) is 186 Å². The molecule has 6 aromatic rings. The molecule has 16 nitrogen and oxygen atoms in total. The fourth-order valence-electron chi connectivity index (χ4n) is 9.34. The normalized spacial score (nSPS) is 13.3. The van der Waals surface area contributed by atoms with Crippen LogP contribution in [0.4, 0.5) is 11.4 Å². The molecule has 0 unspecified atom stereocenters. The Morgan fingerprint density at radius 1 is 0.438 bits per heavy atom. The minimum atomic E-state index is -4.65. The second-order valence-electron chi connectivity index (χ2n) is 18.7. The van der Waals surface area contributed by atoms with Gasteiger partial charge in [-0.1, -0.05) is 36.4 Å². The van der Waals surface area contributed by atoms with Gasteiger partial charge < -0.3 is 9.80 Å². The van der Waals surface area contributed by atoms with E-state index in [0.29, 0.717) is 33.0 Å². The van der Waals surface area contributed by atoms with Gasteiger partial charge in [0.2, 0.25) is 0 Å². The van der Waals surface area contributed by atoms with Crippen LogP contribution in [0.1, 0.15) is 49.9 Å². The van der Waals surface area contributed by atoms with E-state index in [-0.39, 0.29) is 84.6 Å². The van der Waals surface area contributed by atoms with Crippen molar-refractivity contribution >= 4 is 155 Å². The molecule has 2 aliphatic carbocycles. The van der Waals surface area contributed by atoms with Crippen LogP contribution in [0, 0.1) is 0 Å². The van der Waals surface area contributed by atoms with E-state index in [4.69, 9.17) is 0 Å². The van der Waals surface area contributed by atoms with Crippen LogP contribution in [0.25, 0.3) is 32.7 Å². The van der Waals surface area contributed by atoms with E-state index in [2.05, 4.69) is 37.2 Å². The molecule has 0 fully saturated rings. The van der Waals surface area contributed by atoms with E-state index in [1.807, 2.05) is 135 Å². The zero-order valence-corrected chi connectivity index (χ0v) is 53.6. The molecule has 0 spiro atoms. The third-order valence-corrected chi connectivity index (χ3v) is 16.8. The Morgan fingerprint density at radius 2 is 0.775 bits per heavy atom. The first-order valence-electron chi connectivity index (χ1n) is 24.7. The Balaban J connectivity index is 0.000000288. The Labute approximate surface area is 513 Å². The van der Waals surface area contributed by atoms with Crippen molar-refractivity contribution < 1.29 is 61.0 Å². The zero-order chi connectivity index (χ0) is 57.1. The van der Waals surface area contributed by atoms with Crippen LogP contribution in [0.5, 0.6) is 0 Å². The Hall–Kier alpha value is -5.14. The van der Waals surface area contributed by atoms with Gasteiger partial charge in [0.25, 0.3) is 40.5 Å². The average molecular weight is 1180 g/mol. The van der Waals surface area contributed by atoms with Gasteiger partial charge in [0.05, 0.1) is 19.6 Å². The van der Waals surface area contributed by atoms with Crippen molar-refractivity contribution in [3.63, 3.8) is 0 Å². The van der Waals surface area contributed by atoms with Crippen LogP contribution in [0.15, 0.2) is 189 Å². The van der Waals surface area contributed by atoms with E-state index in [1.165, 1.54) is 60.7 Å². The van der Waals surface area contributed by atoms with Crippen molar-refractivity contribution in [3.8, 4) is 0 Å². The molecule has 80 heavy (non-hydrogen) atoms. The number of hydrogen-bond donors (Lipinski definition) is 4. The number of anilines is 2. The number of nitrogens with zero attached hydrogens (tertiary/aromatic N) is 4. The Bertz CT molecular complexity index is 4050. The van der Waals surface area contributed by atoms with E-state index in [9.17, 15) is 51.9 Å². The van der Waals surface area contributed by atoms with E-state index >= 15 is 0 Å². The van der Waals surface area contributed by atoms with Crippen LogP contribution in [0.2, 0.25) is 0 Å². The molecule has 0 bridgehead atoms. The predicted molar refractivity (Wildman–Crippen MR) is 322 cm³/mol. The van der Waals surface area contributed by atoms with Gasteiger partial charge in [-0.2, -0.15) is 33.7 Å². The fourth-order valence-corrected chi connectivity index (χ4v) is 11.5. The first-order chi connectivity index (χ1) is 36.7. The summed E-state index contributed by atoms with van der Waals surface area (Å²) >= 11 is 0. The standard InChI is InChI=1S/C31H34N2O6S2.C27H26N2O6S2.2Na/c1-5-32(6-2)25-13-9-22(10-14-25)31(23-11-15-26(16-12-23)33(7-3)8-4)30-21-28(41(37,38)39)20-24-19-27(40(34,35)36)17-18-29(24)30;1-28(2)21-9-5-18(6-10-21)27(19-7-11-22(12-8-19)29(3)4)26-17-24(37(33,34)35)16-20-15-23(36(30,31)32)13-14-25(20)26;;/h9-21H,5-8H2,1-4H3,(H-,34,35,36,37,38,39);5-17H,1-4H3,(H-,30,31,32,33,34,35);;/p+2. The molecule has 22 heteroatoms. The minimum absolute atomic E-state index is 0. The quantitative estimate of drug-likeness (QED) is 0.0454. The van der Waals surface area contributed by atoms with Gasteiger partial charge in [0.15, 0.2) is 11.4 Å². The van der Waals surface area contributed by atoms with Crippen molar-refractivity contribution in [3.05, 3.63) is 191 Å². The zero-order valence-electron chi connectivity index (χ0n) is 46.3. The molecule has 0 saturated carbocycles. The summed E-state index contributed by atoms with van der Waals surface area (Å²) in [5.74, 6) is 0. The third kappa shape index (κ3) is 15.3. The number of hydrogen-bond acceptors (Lipinski definition) is 10. The molecule has 0 aliphatic heterocycles. The van der Waals surface area contributed by atoms with Crippen molar-refractivity contribution in [1.82, 2.24) is 0 Å². The summed E-state index contributed by atoms with van der Waals surface area (Å²) in [6.07, 6.45) is 15.7. The smallest absolute Gasteiger partial charge is 0.294 e. The average Bonchev–Trinajstić information content (AvgIpc) is 3.44. The molecule has 2 radical (unpaired) electrons. The van der Waals surface area contributed by atoms with E-state index in [0.717, 1.165) is 71.3 Å². The topological polar surface area (TPSA) is 230 Å². The third-order valence-electron chi connectivity index (χ3n) is 13.4. The summed E-state index contributed by atoms with van der Waals surface area (Å²) in [5.41, 5.74) is 9.59. The van der Waals surface area contributed by atoms with Crippen molar-refractivity contribution in [2.45, 2.75) is 47.3 Å². The number of benzene rings is 6. The predicted octanol–water partition coefficient (Wildman–Crippen LogP) is 8.88. The molecule has 0 saturated heterocycles. The summed E-state index contributed by atoms with van der Waals surface area (Å²) in [5, 5.41) is 1.57. The second-order valence-corrected chi connectivity index (χ2v) is 24.4. The van der Waals surface area contributed by atoms with Crippen LogP contribution < -0.4 is 9.80 Å². The summed E-state index contributed by atoms with van der Waals surface area (Å²) in [6, 6.07) is 28.8. The summed E-state index contributed by atoms with van der Waals surface area (Å²) in [7, 11) is -10.7. The molecule has 4 N–H and O–H groups in total. The minimum Gasteiger partial charge on any atom is -0.378 e. The maximum atomic E-state index is 12.3. The molecule has 8 rings (SSSR count). The monoisotopic (exact) mass is 1180 g/mol. The molecule has 410 valence electrons. The first-order valence-corrected chi connectivity index (χ1v) is 30.5. The largest absolute Gasteiger partial charge is 0.378 e. The molecular weight excluding hydrogens is 1120 g/mol. The van der Waals surface area contributed by atoms with Crippen molar-refractivity contribution in [2.75, 3.05) is 64.2 Å². The van der Waals surface area contributed by atoms with Crippen LogP contribution in [-0.2, 0) is 40.5 Å². The van der Waals surface area contributed by atoms with E-state index in [1.54, 1.807) is 0 Å². The summed E-state index contributed by atoms with van der Waals surface area (Å²) < 4.78 is 140. The molecule has 0 amide bonds. The van der Waals surface area contributed by atoms with Gasteiger partial charge in [-0.25, -0.2) is 9.15 Å². The van der Waals surface area contributed by atoms with Gasteiger partial charge in [-0.3, -0.25) is 18.2 Å². The molecule has 0 aromatic heterocycles. The van der Waals surface area contributed by atoms with Gasteiger partial charge in [0, 0.05) is 122 Å². The molecule has 0 heterocycles. The van der Waals surface area contributed by atoms with Gasteiger partial charge >= 0.3 is 0 Å². The maximum Gasteiger partial charge on any atom is 0.294 e. The van der Waals surface area contributed by atoms with Gasteiger partial charge in [-0.05, 0) is 191 Å². The Morgan fingerprint density at radius 3 is 1.09 bits per heavy atom. The summed E-state index contributed by atoms with van der Waals surface area (Å²) in [4.78, 5) is 2.63. The first kappa shape index (κ1) is 65.7. The molecule has 2 aliphatic rings. The summed E-state index contributed by atoms with van der Waals surface area (Å²) in [6.45, 7) is 11.7. The molecular formula is C58H62N4Na2O12S4+2. The van der Waals surface area contributed by atoms with Gasteiger partial charge in [-0.15, -0.1) is 0 Å². The van der Waals surface area contributed by atoms with Crippen molar-refractivity contribution in [1.29, 1.82) is 0 Å². The molecule has 0 atom stereocenters. The van der Waals surface area contributed by atoms with E-state index < -0.39 is 45.4 Å². The fraction of sp³-hybridized carbons (Fsp3) is 0.207. The van der Waals surface area contributed by atoms with Crippen molar-refractivity contribution in [2.24, 2.45) is 0 Å². The second kappa shape index (κ2) is 26.8. The Kier molecular flexibility index (Phi) is 22.0. The van der Waals surface area contributed by atoms with Gasteiger partial charge in [0.1, 0.15) is 27.2 Å². The maximum absolute atomic E-state index is 12.3. The number of fused-ring (bicyclic) bond motifs is 2. The number of rotatable bonds is 14.